The number of H-pyrrole nitrogens is 1. The lowest BCUT2D eigenvalue weighted by Gasteiger charge is -2.47. The number of benzene rings is 2. The second-order valence-electron chi connectivity index (χ2n) is 18.9. The first-order chi connectivity index (χ1) is 33.6. The van der Waals surface area contributed by atoms with Crippen molar-refractivity contribution >= 4 is 16.7 Å². The Morgan fingerprint density at radius 3 is 1.94 bits per heavy atom. The third-order valence-corrected chi connectivity index (χ3v) is 14.0. The number of nitrogens with one attached hydrogen (secondary N) is 1. The van der Waals surface area contributed by atoms with Crippen LogP contribution in [-0.4, -0.2) is 223 Å². The number of nitrogens with zero attached hydrogens (tertiary/aromatic N) is 6. The largest absolute Gasteiger partial charge is 0.487 e. The maximum atomic E-state index is 11.9. The first kappa shape index (κ1) is 50.8. The standard InChI is InChI=1S/C44H67N13O13/c1-55-8-10-56(11-9-55)21-4-7-25-26(12-21)52-41(51-25)19-2-5-22(6-3-19)64-18-20-16-57(54-53-20)17-29-39(69-43-31(50)36(62)34(60)28(15-46)66-43)37(63)44(67-29)70-40-32(58)23(47)13-24(48)38(40)68-42-30(49)35(61)33(59)27(14-45)65-42/h2-7,12,16,23-24,27-40,42-44,58-63H,8-11,13-15,17-18,45-50H2,1H3,(H,51,52)/t23-,24?,27?,28+,29-,30?,31?,32?,33-,34-,35-,36?,37+,38-,39+,40-,42+,43-,44?/m1/s1. The summed E-state index contributed by atoms with van der Waals surface area (Å²) in [6.45, 7) is 3.56. The van der Waals surface area contributed by atoms with E-state index in [0.29, 0.717) is 11.4 Å². The van der Waals surface area contributed by atoms with Gasteiger partial charge in [-0.05, 0) is 55.9 Å². The van der Waals surface area contributed by atoms with Gasteiger partial charge in [0.2, 0.25) is 0 Å². The smallest absolute Gasteiger partial charge is 0.187 e. The van der Waals surface area contributed by atoms with E-state index in [0.717, 1.165) is 54.3 Å². The monoisotopic (exact) mass is 985 g/mol. The van der Waals surface area contributed by atoms with Crippen molar-refractivity contribution in [3.63, 3.8) is 0 Å². The van der Waals surface area contributed by atoms with Crippen LogP contribution in [0.25, 0.3) is 22.4 Å². The van der Waals surface area contributed by atoms with Crippen LogP contribution in [0.15, 0.2) is 48.7 Å². The molecule has 1 saturated carbocycles. The van der Waals surface area contributed by atoms with E-state index in [1.165, 1.54) is 4.68 Å². The second kappa shape index (κ2) is 21.5. The van der Waals surface area contributed by atoms with Crippen molar-refractivity contribution in [2.75, 3.05) is 51.2 Å². The van der Waals surface area contributed by atoms with E-state index in [4.69, 9.17) is 72.5 Å². The lowest BCUT2D eigenvalue weighted by Crippen LogP contribution is -2.68. The molecule has 2 aromatic heterocycles. The zero-order valence-corrected chi connectivity index (χ0v) is 38.6. The van der Waals surface area contributed by atoms with Crippen molar-refractivity contribution in [3.05, 3.63) is 54.4 Å². The molecule has 5 aliphatic rings. The molecule has 4 aliphatic heterocycles. The summed E-state index contributed by atoms with van der Waals surface area (Å²) >= 11 is 0. The molecule has 0 spiro atoms. The Labute approximate surface area is 402 Å². The van der Waals surface area contributed by atoms with Crippen LogP contribution in [0, 0.1) is 0 Å². The summed E-state index contributed by atoms with van der Waals surface area (Å²) in [6, 6.07) is 9.45. The molecule has 26 nitrogen and oxygen atoms in total. The van der Waals surface area contributed by atoms with Gasteiger partial charge in [0.25, 0.3) is 0 Å². The Hall–Kier alpha value is -4.11. The van der Waals surface area contributed by atoms with Crippen LogP contribution in [-0.2, 0) is 41.6 Å². The minimum absolute atomic E-state index is 0.0438. The molecule has 9 rings (SSSR count). The minimum atomic E-state index is -1.64. The highest BCUT2D eigenvalue weighted by Gasteiger charge is 2.54. The molecule has 0 amide bonds. The van der Waals surface area contributed by atoms with Gasteiger partial charge in [0.05, 0.1) is 42.0 Å². The van der Waals surface area contributed by atoms with Gasteiger partial charge in [-0.15, -0.1) is 5.10 Å². The van der Waals surface area contributed by atoms with Crippen molar-refractivity contribution in [1.82, 2.24) is 29.9 Å². The van der Waals surface area contributed by atoms with Crippen molar-refractivity contribution in [2.24, 2.45) is 34.4 Å². The van der Waals surface area contributed by atoms with Crippen LogP contribution in [0.1, 0.15) is 12.1 Å². The number of fused-ring (bicyclic) bond motifs is 1. The molecule has 386 valence electrons. The Morgan fingerprint density at radius 1 is 0.686 bits per heavy atom. The van der Waals surface area contributed by atoms with E-state index in [9.17, 15) is 30.6 Å². The van der Waals surface area contributed by atoms with Crippen LogP contribution in [0.2, 0.25) is 0 Å². The molecule has 0 bridgehead atoms. The quantitative estimate of drug-likeness (QED) is 0.0528. The number of imidazole rings is 1. The van der Waals surface area contributed by atoms with Crippen LogP contribution >= 0.6 is 0 Å². The number of ether oxygens (including phenoxy) is 7. The van der Waals surface area contributed by atoms with Crippen LogP contribution in [0.3, 0.4) is 0 Å². The molecule has 5 fully saturated rings. The normalized spacial score (nSPS) is 38.6. The lowest BCUT2D eigenvalue weighted by molar-refractivity contribution is -0.306. The average Bonchev–Trinajstić information content (AvgIpc) is 4.08. The number of hydrogen-bond acceptors (Lipinski definition) is 24. The molecule has 19 atom stereocenters. The zero-order valence-electron chi connectivity index (χ0n) is 38.6. The number of nitrogens with two attached hydrogens (primary N) is 6. The van der Waals surface area contributed by atoms with Crippen LogP contribution in [0.4, 0.5) is 5.69 Å². The SMILES string of the molecule is CN1CCN(c2ccc3nc(-c4ccc(OCc5cn(C[C@H]6OC(O[C@@H]7C(O)[C@H](N)CC(N)[C@H]7O[C@@H]7OC(CN)[C@@H](O)[C@H](O)C7N)[C@@H](O)[C@H]6O[C@H]6O[C@@H](CN)[C@@H](O)C(O)C6N)nn5)cc4)[nH]c3c2)CC1. The fourth-order valence-corrected chi connectivity index (χ4v) is 9.68. The molecule has 7 unspecified atom stereocenters. The number of piperazine rings is 1. The molecule has 26 heteroatoms. The number of aromatic amines is 1. The summed E-state index contributed by atoms with van der Waals surface area (Å²) in [5, 5.41) is 74.2. The Kier molecular flexibility index (Phi) is 15.6. The van der Waals surface area contributed by atoms with E-state index in [1.807, 2.05) is 30.3 Å². The number of hydrogen-bond donors (Lipinski definition) is 13. The molecular formula is C44H67N13O13. The highest BCUT2D eigenvalue weighted by molar-refractivity contribution is 5.83. The molecule has 19 N–H and O–H groups in total. The van der Waals surface area contributed by atoms with E-state index >= 15 is 0 Å². The molecule has 70 heavy (non-hydrogen) atoms. The van der Waals surface area contributed by atoms with Gasteiger partial charge in [-0.3, -0.25) is 0 Å². The van der Waals surface area contributed by atoms with Crippen molar-refractivity contribution in [3.8, 4) is 17.1 Å². The summed E-state index contributed by atoms with van der Waals surface area (Å²) in [5.74, 6) is 1.31. The number of aliphatic hydroxyl groups is 6. The summed E-state index contributed by atoms with van der Waals surface area (Å²) in [5.41, 5.74) is 41.2. The van der Waals surface area contributed by atoms with Gasteiger partial charge < -0.3 is 113 Å². The molecule has 6 heterocycles. The molecule has 4 saturated heterocycles. The molecular weight excluding hydrogens is 919 g/mol. The highest BCUT2D eigenvalue weighted by atomic mass is 16.8. The van der Waals surface area contributed by atoms with Gasteiger partial charge in [-0.25, -0.2) is 9.67 Å². The fourth-order valence-electron chi connectivity index (χ4n) is 9.68. The Balaban J connectivity index is 0.879. The van der Waals surface area contributed by atoms with Gasteiger partial charge in [-0.1, -0.05) is 5.21 Å². The van der Waals surface area contributed by atoms with Gasteiger partial charge >= 0.3 is 0 Å². The van der Waals surface area contributed by atoms with Crippen molar-refractivity contribution in [2.45, 2.75) is 136 Å². The molecule has 2 aromatic carbocycles. The van der Waals surface area contributed by atoms with Gasteiger partial charge in [0.1, 0.15) is 91.0 Å². The summed E-state index contributed by atoms with van der Waals surface area (Å²) in [4.78, 5) is 13.0. The topological polar surface area (TPSA) is 408 Å². The number of likely N-dealkylation sites (N-methyl/N-ethyl adjacent to an activating group) is 1. The lowest BCUT2D eigenvalue weighted by atomic mass is 9.84. The molecule has 0 radical (unpaired) electrons. The number of anilines is 1. The van der Waals surface area contributed by atoms with Gasteiger partial charge in [-0.2, -0.15) is 0 Å². The maximum absolute atomic E-state index is 11.9. The van der Waals surface area contributed by atoms with E-state index in [-0.39, 0.29) is 32.7 Å². The summed E-state index contributed by atoms with van der Waals surface area (Å²) in [6.07, 6.45) is -18.6. The first-order valence-electron chi connectivity index (χ1n) is 23.6. The third kappa shape index (κ3) is 10.5. The van der Waals surface area contributed by atoms with E-state index in [1.54, 1.807) is 6.20 Å². The van der Waals surface area contributed by atoms with Gasteiger partial charge in [0.15, 0.2) is 18.9 Å². The van der Waals surface area contributed by atoms with Crippen molar-refractivity contribution in [1.29, 1.82) is 0 Å². The molecule has 4 aromatic rings. The third-order valence-electron chi connectivity index (χ3n) is 14.0. The predicted octanol–water partition coefficient (Wildman–Crippen LogP) is -5.72. The van der Waals surface area contributed by atoms with E-state index in [2.05, 4.69) is 44.3 Å². The first-order valence-corrected chi connectivity index (χ1v) is 23.6. The fraction of sp³-hybridized carbons (Fsp3) is 0.659. The molecule has 1 aliphatic carbocycles. The minimum Gasteiger partial charge on any atom is -0.487 e. The average molecular weight is 986 g/mol. The van der Waals surface area contributed by atoms with Gasteiger partial charge in [0, 0.05) is 62.6 Å². The summed E-state index contributed by atoms with van der Waals surface area (Å²) < 4.78 is 44.2. The van der Waals surface area contributed by atoms with E-state index < -0.39 is 116 Å². The number of aromatic nitrogens is 5. The highest BCUT2D eigenvalue weighted by Crippen LogP contribution is 2.35. The zero-order chi connectivity index (χ0) is 49.5. The van der Waals surface area contributed by atoms with Crippen molar-refractivity contribution < 1.29 is 63.8 Å². The maximum Gasteiger partial charge on any atom is 0.187 e. The predicted molar refractivity (Wildman–Crippen MR) is 247 cm³/mol. The summed E-state index contributed by atoms with van der Waals surface area (Å²) in [7, 11) is 2.14. The Bertz CT molecular complexity index is 2320. The number of rotatable bonds is 15. The van der Waals surface area contributed by atoms with Crippen LogP contribution in [0.5, 0.6) is 5.75 Å². The number of aliphatic hydroxyl groups excluding tert-OH is 6. The second-order valence-corrected chi connectivity index (χ2v) is 18.9. The van der Waals surface area contributed by atoms with Crippen LogP contribution < -0.4 is 44.0 Å². The Morgan fingerprint density at radius 2 is 1.30 bits per heavy atom.